The van der Waals surface area contributed by atoms with Crippen LogP contribution in [0.5, 0.6) is 0 Å². The molecule has 0 rings (SSSR count). The predicted octanol–water partition coefficient (Wildman–Crippen LogP) is 2.61. The molecular weight excluding hydrogens is 136 g/mol. The number of hydrogen-bond donors (Lipinski definition) is 1. The molecule has 1 N–H and O–H groups in total. The van der Waals surface area contributed by atoms with Crippen LogP contribution < -0.4 is 0 Å². The molecule has 0 aliphatic carbocycles. The molecule has 0 aromatic rings. The average molecular weight is 156 g/mol. The lowest BCUT2D eigenvalue weighted by atomic mass is 9.91. The third-order valence-corrected chi connectivity index (χ3v) is 2.12. The van der Waals surface area contributed by atoms with Gasteiger partial charge in [-0.05, 0) is 31.6 Å². The first-order valence-corrected chi connectivity index (χ1v) is 4.33. The van der Waals surface area contributed by atoms with E-state index in [1.54, 1.807) is 0 Å². The van der Waals surface area contributed by atoms with Gasteiger partial charge in [0.25, 0.3) is 0 Å². The van der Waals surface area contributed by atoms with E-state index in [1.165, 1.54) is 5.57 Å². The molecule has 0 radical (unpaired) electrons. The summed E-state index contributed by atoms with van der Waals surface area (Å²) in [5.41, 5.74) is 1.21. The van der Waals surface area contributed by atoms with Gasteiger partial charge in [0.15, 0.2) is 0 Å². The van der Waals surface area contributed by atoms with Crippen molar-refractivity contribution >= 4 is 0 Å². The van der Waals surface area contributed by atoms with Crippen LogP contribution in [0.15, 0.2) is 12.2 Å². The Morgan fingerprint density at radius 1 is 1.45 bits per heavy atom. The molecule has 1 heteroatoms. The van der Waals surface area contributed by atoms with E-state index in [2.05, 4.69) is 20.4 Å². The van der Waals surface area contributed by atoms with Gasteiger partial charge in [-0.1, -0.05) is 19.4 Å². The molecule has 0 aromatic heterocycles. The molecular formula is C10H20O. The summed E-state index contributed by atoms with van der Waals surface area (Å²) in [6, 6.07) is 0. The summed E-state index contributed by atoms with van der Waals surface area (Å²) >= 11 is 0. The molecule has 0 amide bonds. The number of rotatable bonds is 5. The van der Waals surface area contributed by atoms with Crippen LogP contribution in [0.25, 0.3) is 0 Å². The molecule has 0 aliphatic rings. The van der Waals surface area contributed by atoms with Gasteiger partial charge >= 0.3 is 0 Å². The molecule has 1 unspecified atom stereocenters. The average Bonchev–Trinajstić information content (AvgIpc) is 1.87. The van der Waals surface area contributed by atoms with E-state index in [1.807, 2.05) is 6.92 Å². The van der Waals surface area contributed by atoms with Crippen LogP contribution in [0.3, 0.4) is 0 Å². The van der Waals surface area contributed by atoms with Crippen LogP contribution >= 0.6 is 0 Å². The Bertz CT molecular complexity index is 116. The summed E-state index contributed by atoms with van der Waals surface area (Å²) in [5, 5.41) is 8.98. The molecule has 0 aromatic carbocycles. The molecule has 0 fully saturated rings. The molecule has 11 heavy (non-hydrogen) atoms. The molecule has 66 valence electrons. The van der Waals surface area contributed by atoms with Crippen molar-refractivity contribution in [2.24, 2.45) is 11.8 Å². The zero-order valence-corrected chi connectivity index (χ0v) is 7.93. The van der Waals surface area contributed by atoms with Crippen molar-refractivity contribution in [2.45, 2.75) is 33.6 Å². The van der Waals surface area contributed by atoms with E-state index in [9.17, 15) is 0 Å². The lowest BCUT2D eigenvalue weighted by Gasteiger charge is -2.17. The maximum absolute atomic E-state index is 8.98. The van der Waals surface area contributed by atoms with Gasteiger partial charge in [0.2, 0.25) is 0 Å². The Kier molecular flexibility index (Phi) is 5.22. The molecule has 0 saturated carbocycles. The summed E-state index contributed by atoms with van der Waals surface area (Å²) < 4.78 is 0. The standard InChI is InChI=1S/C10H20O/c1-8(2)5-6-10(7-11)9(3)4/h9-11H,1,5-7H2,2-4H3. The molecule has 0 bridgehead atoms. The van der Waals surface area contributed by atoms with Crippen LogP contribution in [0.2, 0.25) is 0 Å². The second kappa shape index (κ2) is 5.36. The number of hydrogen-bond acceptors (Lipinski definition) is 1. The van der Waals surface area contributed by atoms with Crippen molar-refractivity contribution in [1.82, 2.24) is 0 Å². The SMILES string of the molecule is C=C(C)CCC(CO)C(C)C. The lowest BCUT2D eigenvalue weighted by molar-refractivity contribution is 0.181. The molecule has 0 spiro atoms. The minimum atomic E-state index is 0.310. The third kappa shape index (κ3) is 5.02. The van der Waals surface area contributed by atoms with Crippen molar-refractivity contribution < 1.29 is 5.11 Å². The Balaban J connectivity index is 3.61. The maximum Gasteiger partial charge on any atom is 0.0461 e. The normalized spacial score (nSPS) is 13.5. The quantitative estimate of drug-likeness (QED) is 0.607. The topological polar surface area (TPSA) is 20.2 Å². The first kappa shape index (κ1) is 10.7. The van der Waals surface area contributed by atoms with Gasteiger partial charge in [0.05, 0.1) is 0 Å². The Morgan fingerprint density at radius 3 is 2.27 bits per heavy atom. The van der Waals surface area contributed by atoms with Crippen LogP contribution in [0, 0.1) is 11.8 Å². The van der Waals surface area contributed by atoms with E-state index in [4.69, 9.17) is 5.11 Å². The largest absolute Gasteiger partial charge is 0.396 e. The fourth-order valence-electron chi connectivity index (χ4n) is 1.07. The van der Waals surface area contributed by atoms with Crippen molar-refractivity contribution in [2.75, 3.05) is 6.61 Å². The highest BCUT2D eigenvalue weighted by Crippen LogP contribution is 2.18. The van der Waals surface area contributed by atoms with Gasteiger partial charge in [0, 0.05) is 6.61 Å². The van der Waals surface area contributed by atoms with E-state index in [0.717, 1.165) is 12.8 Å². The smallest absolute Gasteiger partial charge is 0.0461 e. The van der Waals surface area contributed by atoms with Crippen LogP contribution in [-0.2, 0) is 0 Å². The third-order valence-electron chi connectivity index (χ3n) is 2.12. The molecule has 1 nitrogen and oxygen atoms in total. The highest BCUT2D eigenvalue weighted by Gasteiger charge is 2.10. The number of allylic oxidation sites excluding steroid dienone is 1. The monoisotopic (exact) mass is 156 g/mol. The zero-order chi connectivity index (χ0) is 8.85. The number of aliphatic hydroxyl groups is 1. The second-order valence-corrected chi connectivity index (χ2v) is 3.68. The summed E-state index contributed by atoms with van der Waals surface area (Å²) in [7, 11) is 0. The minimum absolute atomic E-state index is 0.310. The maximum atomic E-state index is 8.98. The Hall–Kier alpha value is -0.300. The van der Waals surface area contributed by atoms with Crippen molar-refractivity contribution in [3.05, 3.63) is 12.2 Å². The summed E-state index contributed by atoms with van der Waals surface area (Å²) in [6.45, 7) is 10.5. The van der Waals surface area contributed by atoms with Crippen molar-refractivity contribution in [3.63, 3.8) is 0 Å². The molecule has 1 atom stereocenters. The number of aliphatic hydroxyl groups excluding tert-OH is 1. The second-order valence-electron chi connectivity index (χ2n) is 3.68. The molecule has 0 heterocycles. The van der Waals surface area contributed by atoms with Gasteiger partial charge in [-0.15, -0.1) is 6.58 Å². The first-order chi connectivity index (χ1) is 5.07. The Morgan fingerprint density at radius 2 is 2.00 bits per heavy atom. The minimum Gasteiger partial charge on any atom is -0.396 e. The summed E-state index contributed by atoms with van der Waals surface area (Å²) in [5.74, 6) is 1.03. The summed E-state index contributed by atoms with van der Waals surface area (Å²) in [4.78, 5) is 0. The van der Waals surface area contributed by atoms with Gasteiger partial charge in [-0.2, -0.15) is 0 Å². The van der Waals surface area contributed by atoms with Gasteiger partial charge in [0.1, 0.15) is 0 Å². The van der Waals surface area contributed by atoms with Gasteiger partial charge in [-0.25, -0.2) is 0 Å². The van der Waals surface area contributed by atoms with Crippen LogP contribution in [-0.4, -0.2) is 11.7 Å². The predicted molar refractivity (Wildman–Crippen MR) is 49.5 cm³/mol. The van der Waals surface area contributed by atoms with Crippen LogP contribution in [0.4, 0.5) is 0 Å². The van der Waals surface area contributed by atoms with E-state index >= 15 is 0 Å². The van der Waals surface area contributed by atoms with E-state index in [0.29, 0.717) is 18.4 Å². The molecule has 0 saturated heterocycles. The van der Waals surface area contributed by atoms with Crippen molar-refractivity contribution in [3.8, 4) is 0 Å². The first-order valence-electron chi connectivity index (χ1n) is 4.33. The highest BCUT2D eigenvalue weighted by molar-refractivity contribution is 4.88. The van der Waals surface area contributed by atoms with Gasteiger partial charge in [-0.3, -0.25) is 0 Å². The zero-order valence-electron chi connectivity index (χ0n) is 7.93. The highest BCUT2D eigenvalue weighted by atomic mass is 16.3. The molecule has 0 aliphatic heterocycles. The lowest BCUT2D eigenvalue weighted by Crippen LogP contribution is -2.13. The fourth-order valence-corrected chi connectivity index (χ4v) is 1.07. The summed E-state index contributed by atoms with van der Waals surface area (Å²) in [6.07, 6.45) is 2.12. The van der Waals surface area contributed by atoms with E-state index in [-0.39, 0.29) is 0 Å². The van der Waals surface area contributed by atoms with E-state index < -0.39 is 0 Å². The van der Waals surface area contributed by atoms with Crippen molar-refractivity contribution in [1.29, 1.82) is 0 Å². The fraction of sp³-hybridized carbons (Fsp3) is 0.800. The van der Waals surface area contributed by atoms with Crippen LogP contribution in [0.1, 0.15) is 33.6 Å². The Labute approximate surface area is 70.1 Å². The van der Waals surface area contributed by atoms with Gasteiger partial charge < -0.3 is 5.11 Å².